The summed E-state index contributed by atoms with van der Waals surface area (Å²) in [5.74, 6) is -0.125. The highest BCUT2D eigenvalue weighted by molar-refractivity contribution is 5.89. The molecule has 0 unspecified atom stereocenters. The second kappa shape index (κ2) is 7.30. The zero-order valence-corrected chi connectivity index (χ0v) is 14.4. The van der Waals surface area contributed by atoms with Crippen molar-refractivity contribution in [1.82, 2.24) is 10.2 Å². The van der Waals surface area contributed by atoms with Crippen LogP contribution in [0.3, 0.4) is 0 Å². The van der Waals surface area contributed by atoms with E-state index < -0.39 is 5.97 Å². The third kappa shape index (κ3) is 3.94. The second-order valence-corrected chi connectivity index (χ2v) is 6.18. The number of ether oxygens (including phenoxy) is 1. The minimum absolute atomic E-state index is 0.138. The van der Waals surface area contributed by atoms with E-state index in [2.05, 4.69) is 5.32 Å². The molecule has 1 aromatic rings. The standard InChI is InChI=1S/C20H22N2O3/c1-14(2)25-17-9-6-15(7-10-17)13-21-18-11-8-16-5-3-4-12-22(16)19(18)20(23)24/h4-12,14,21H,3,13H2,1-2H3,(H,23,24). The van der Waals surface area contributed by atoms with Crippen LogP contribution in [0.25, 0.3) is 0 Å². The average molecular weight is 338 g/mol. The van der Waals surface area contributed by atoms with E-state index in [0.29, 0.717) is 12.2 Å². The number of aliphatic carboxylic acids is 1. The summed E-state index contributed by atoms with van der Waals surface area (Å²) >= 11 is 0. The number of nitrogens with one attached hydrogen (secondary N) is 1. The third-order valence-electron chi connectivity index (χ3n) is 3.89. The van der Waals surface area contributed by atoms with Crippen molar-refractivity contribution in [2.75, 3.05) is 0 Å². The van der Waals surface area contributed by atoms with Crippen LogP contribution < -0.4 is 10.1 Å². The van der Waals surface area contributed by atoms with E-state index in [9.17, 15) is 9.90 Å². The van der Waals surface area contributed by atoms with E-state index >= 15 is 0 Å². The van der Waals surface area contributed by atoms with Crippen molar-refractivity contribution in [3.63, 3.8) is 0 Å². The summed E-state index contributed by atoms with van der Waals surface area (Å²) < 4.78 is 5.63. The fourth-order valence-electron chi connectivity index (χ4n) is 2.79. The van der Waals surface area contributed by atoms with E-state index in [1.165, 1.54) is 0 Å². The van der Waals surface area contributed by atoms with Crippen LogP contribution in [0.2, 0.25) is 0 Å². The lowest BCUT2D eigenvalue weighted by Crippen LogP contribution is -2.30. The lowest BCUT2D eigenvalue weighted by molar-refractivity contribution is -0.134. The molecule has 0 bridgehead atoms. The number of allylic oxidation sites excluding steroid dienone is 4. The van der Waals surface area contributed by atoms with E-state index in [0.717, 1.165) is 23.4 Å². The Morgan fingerprint density at radius 3 is 2.72 bits per heavy atom. The summed E-state index contributed by atoms with van der Waals surface area (Å²) in [5, 5.41) is 12.8. The summed E-state index contributed by atoms with van der Waals surface area (Å²) in [6, 6.07) is 7.80. The van der Waals surface area contributed by atoms with Gasteiger partial charge in [0, 0.05) is 18.4 Å². The van der Waals surface area contributed by atoms with Crippen molar-refractivity contribution in [2.45, 2.75) is 32.9 Å². The van der Waals surface area contributed by atoms with Gasteiger partial charge in [-0.05, 0) is 50.1 Å². The summed E-state index contributed by atoms with van der Waals surface area (Å²) in [6.07, 6.45) is 10.5. The van der Waals surface area contributed by atoms with Crippen LogP contribution in [-0.2, 0) is 11.3 Å². The van der Waals surface area contributed by atoms with Crippen molar-refractivity contribution >= 4 is 5.97 Å². The number of nitrogens with zero attached hydrogens (tertiary/aromatic N) is 1. The Labute approximate surface area is 147 Å². The summed E-state index contributed by atoms with van der Waals surface area (Å²) in [4.78, 5) is 13.4. The molecule has 2 N–H and O–H groups in total. The number of carboxylic acids is 1. The summed E-state index contributed by atoms with van der Waals surface area (Å²) in [5.41, 5.74) is 2.78. The number of carbonyl (C=O) groups is 1. The normalized spacial score (nSPS) is 16.0. The third-order valence-corrected chi connectivity index (χ3v) is 3.89. The second-order valence-electron chi connectivity index (χ2n) is 6.18. The minimum atomic E-state index is -0.954. The highest BCUT2D eigenvalue weighted by atomic mass is 16.5. The van der Waals surface area contributed by atoms with E-state index in [1.54, 1.807) is 4.90 Å². The SMILES string of the molecule is CC(C)Oc1ccc(CNC2=C(C(=O)O)N3C=CCC=C3C=C2)cc1. The first kappa shape index (κ1) is 16.9. The van der Waals surface area contributed by atoms with Crippen LogP contribution in [0.1, 0.15) is 25.8 Å². The first-order chi connectivity index (χ1) is 12.0. The van der Waals surface area contributed by atoms with Crippen LogP contribution in [0, 0.1) is 0 Å². The molecule has 2 heterocycles. The molecule has 2 aliphatic heterocycles. The molecule has 2 aliphatic rings. The molecule has 0 saturated carbocycles. The molecule has 3 rings (SSSR count). The van der Waals surface area contributed by atoms with Crippen LogP contribution >= 0.6 is 0 Å². The molecule has 0 saturated heterocycles. The molecule has 0 aliphatic carbocycles. The maximum Gasteiger partial charge on any atom is 0.355 e. The topological polar surface area (TPSA) is 61.8 Å². The smallest absolute Gasteiger partial charge is 0.355 e. The molecule has 0 radical (unpaired) electrons. The number of carboxylic acid groups (broad SMARTS) is 1. The van der Waals surface area contributed by atoms with E-state index in [1.807, 2.05) is 68.6 Å². The van der Waals surface area contributed by atoms with Crippen molar-refractivity contribution < 1.29 is 14.6 Å². The maximum atomic E-state index is 11.7. The number of rotatable bonds is 6. The molecule has 0 amide bonds. The van der Waals surface area contributed by atoms with Crippen molar-refractivity contribution in [2.24, 2.45) is 0 Å². The van der Waals surface area contributed by atoms with Gasteiger partial charge in [-0.3, -0.25) is 0 Å². The van der Waals surface area contributed by atoms with Crippen molar-refractivity contribution in [3.05, 3.63) is 77.4 Å². The van der Waals surface area contributed by atoms with Gasteiger partial charge in [0.2, 0.25) is 0 Å². The van der Waals surface area contributed by atoms with Gasteiger partial charge in [0.15, 0.2) is 5.70 Å². The molecule has 25 heavy (non-hydrogen) atoms. The van der Waals surface area contributed by atoms with Crippen LogP contribution in [0.4, 0.5) is 0 Å². The molecule has 0 aromatic heterocycles. The van der Waals surface area contributed by atoms with Gasteiger partial charge in [0.05, 0.1) is 11.8 Å². The Morgan fingerprint density at radius 1 is 1.28 bits per heavy atom. The van der Waals surface area contributed by atoms with Gasteiger partial charge in [-0.1, -0.05) is 24.3 Å². The zero-order valence-electron chi connectivity index (χ0n) is 14.4. The highest BCUT2D eigenvalue weighted by Gasteiger charge is 2.25. The summed E-state index contributed by atoms with van der Waals surface area (Å²) in [6.45, 7) is 4.51. The summed E-state index contributed by atoms with van der Waals surface area (Å²) in [7, 11) is 0. The predicted octanol–water partition coefficient (Wildman–Crippen LogP) is 3.53. The Kier molecular flexibility index (Phi) is 4.93. The first-order valence-electron chi connectivity index (χ1n) is 8.36. The fraction of sp³-hybridized carbons (Fsp3) is 0.250. The largest absolute Gasteiger partial charge is 0.491 e. The number of hydrogen-bond donors (Lipinski definition) is 2. The molecule has 1 aromatic carbocycles. The predicted molar refractivity (Wildman–Crippen MR) is 96.5 cm³/mol. The molecule has 0 atom stereocenters. The van der Waals surface area contributed by atoms with Gasteiger partial charge in [0.1, 0.15) is 5.75 Å². The first-order valence-corrected chi connectivity index (χ1v) is 8.36. The Bertz CT molecular complexity index is 771. The fourth-order valence-corrected chi connectivity index (χ4v) is 2.79. The quantitative estimate of drug-likeness (QED) is 0.831. The maximum absolute atomic E-state index is 11.7. The Morgan fingerprint density at radius 2 is 2.04 bits per heavy atom. The van der Waals surface area contributed by atoms with Crippen molar-refractivity contribution in [1.29, 1.82) is 0 Å². The average Bonchev–Trinajstić information content (AvgIpc) is 2.60. The molecule has 0 fully saturated rings. The lowest BCUT2D eigenvalue weighted by atomic mass is 10.1. The van der Waals surface area contributed by atoms with Gasteiger partial charge < -0.3 is 20.1 Å². The van der Waals surface area contributed by atoms with Gasteiger partial charge >= 0.3 is 5.97 Å². The van der Waals surface area contributed by atoms with Gasteiger partial charge in [-0.25, -0.2) is 4.79 Å². The number of hydrogen-bond acceptors (Lipinski definition) is 4. The molecule has 5 heteroatoms. The van der Waals surface area contributed by atoms with Gasteiger partial charge in [-0.2, -0.15) is 0 Å². The van der Waals surface area contributed by atoms with Crippen LogP contribution in [-0.4, -0.2) is 22.1 Å². The highest BCUT2D eigenvalue weighted by Crippen LogP contribution is 2.27. The lowest BCUT2D eigenvalue weighted by Gasteiger charge is -2.29. The molecule has 0 spiro atoms. The number of benzene rings is 1. The van der Waals surface area contributed by atoms with Crippen LogP contribution in [0.15, 0.2) is 71.9 Å². The van der Waals surface area contributed by atoms with Crippen molar-refractivity contribution in [3.8, 4) is 5.75 Å². The molecular formula is C20H22N2O3. The van der Waals surface area contributed by atoms with Gasteiger partial charge in [0.25, 0.3) is 0 Å². The van der Waals surface area contributed by atoms with Crippen LogP contribution in [0.5, 0.6) is 5.75 Å². The Balaban J connectivity index is 1.74. The van der Waals surface area contributed by atoms with E-state index in [-0.39, 0.29) is 11.8 Å². The van der Waals surface area contributed by atoms with Gasteiger partial charge in [-0.15, -0.1) is 0 Å². The van der Waals surface area contributed by atoms with E-state index in [4.69, 9.17) is 4.74 Å². The molecule has 5 nitrogen and oxygen atoms in total. The zero-order chi connectivity index (χ0) is 17.8. The number of fused-ring (bicyclic) bond motifs is 1. The molecular weight excluding hydrogens is 316 g/mol. The monoisotopic (exact) mass is 338 g/mol. The molecule has 130 valence electrons. The minimum Gasteiger partial charge on any atom is -0.491 e. The Hall–Kier alpha value is -2.95.